The Hall–Kier alpha value is -1.59. The maximum Gasteiger partial charge on any atom is 0.307 e. The van der Waals surface area contributed by atoms with Crippen LogP contribution >= 0.6 is 0 Å². The Morgan fingerprint density at radius 1 is 1.50 bits per heavy atom. The average molecular weight is 199 g/mol. The molecule has 0 saturated heterocycles. The highest BCUT2D eigenvalue weighted by Gasteiger charge is 2.42. The van der Waals surface area contributed by atoms with Crippen LogP contribution in [0.3, 0.4) is 0 Å². The molecule has 1 N–H and O–H groups in total. The van der Waals surface area contributed by atoms with Crippen molar-refractivity contribution < 1.29 is 13.6 Å². The van der Waals surface area contributed by atoms with Crippen LogP contribution in [0.15, 0.2) is 6.33 Å². The lowest BCUT2D eigenvalue weighted by molar-refractivity contribution is -0.0131. The zero-order valence-electron chi connectivity index (χ0n) is 7.34. The second kappa shape index (κ2) is 2.70. The van der Waals surface area contributed by atoms with Gasteiger partial charge in [-0.1, -0.05) is 0 Å². The van der Waals surface area contributed by atoms with Gasteiger partial charge in [0.05, 0.1) is 17.8 Å². The number of carbonyl (C=O) groups excluding carboxylic acids is 1. The summed E-state index contributed by atoms with van der Waals surface area (Å²) < 4.78 is 26.5. The minimum absolute atomic E-state index is 0.108. The predicted octanol–water partition coefficient (Wildman–Crippen LogP) is 0.620. The first-order valence-corrected chi connectivity index (χ1v) is 4.00. The SMILES string of the molecule is Cc1ncnc2c1C(=O)NCC2(F)F. The lowest BCUT2D eigenvalue weighted by atomic mass is 10.0. The molecule has 0 spiro atoms. The quantitative estimate of drug-likeness (QED) is 0.666. The number of alkyl halides is 2. The minimum Gasteiger partial charge on any atom is -0.345 e. The highest BCUT2D eigenvalue weighted by atomic mass is 19.3. The zero-order valence-corrected chi connectivity index (χ0v) is 7.34. The molecule has 1 aromatic rings. The third-order valence-electron chi connectivity index (χ3n) is 2.08. The third-order valence-corrected chi connectivity index (χ3v) is 2.08. The molecule has 0 bridgehead atoms. The highest BCUT2D eigenvalue weighted by Crippen LogP contribution is 2.31. The van der Waals surface area contributed by atoms with Crippen molar-refractivity contribution in [2.45, 2.75) is 12.8 Å². The van der Waals surface area contributed by atoms with Crippen LogP contribution in [0.2, 0.25) is 0 Å². The summed E-state index contributed by atoms with van der Waals surface area (Å²) in [6.45, 7) is 0.802. The number of carbonyl (C=O) groups is 1. The average Bonchev–Trinajstić information content (AvgIpc) is 2.12. The summed E-state index contributed by atoms with van der Waals surface area (Å²) in [6.07, 6.45) is 1.04. The Kier molecular flexibility index (Phi) is 1.73. The molecule has 1 aliphatic heterocycles. The summed E-state index contributed by atoms with van der Waals surface area (Å²) in [5.41, 5.74) is -0.315. The first-order chi connectivity index (χ1) is 6.52. The van der Waals surface area contributed by atoms with Crippen molar-refractivity contribution in [3.05, 3.63) is 23.3 Å². The lowest BCUT2D eigenvalue weighted by Crippen LogP contribution is -2.43. The first-order valence-electron chi connectivity index (χ1n) is 4.00. The van der Waals surface area contributed by atoms with E-state index in [4.69, 9.17) is 0 Å². The fourth-order valence-corrected chi connectivity index (χ4v) is 1.39. The molecule has 0 atom stereocenters. The lowest BCUT2D eigenvalue weighted by Gasteiger charge is -2.24. The van der Waals surface area contributed by atoms with Gasteiger partial charge >= 0.3 is 5.92 Å². The number of aryl methyl sites for hydroxylation is 1. The van der Waals surface area contributed by atoms with E-state index in [2.05, 4.69) is 15.3 Å². The summed E-state index contributed by atoms with van der Waals surface area (Å²) >= 11 is 0. The van der Waals surface area contributed by atoms with E-state index in [0.29, 0.717) is 0 Å². The van der Waals surface area contributed by atoms with Crippen LogP contribution in [0.5, 0.6) is 0 Å². The van der Waals surface area contributed by atoms with Crippen LogP contribution in [0, 0.1) is 6.92 Å². The zero-order chi connectivity index (χ0) is 10.3. The fraction of sp³-hybridized carbons (Fsp3) is 0.375. The number of fused-ring (bicyclic) bond motifs is 1. The Bertz CT molecular complexity index is 406. The third kappa shape index (κ3) is 1.14. The summed E-state index contributed by atoms with van der Waals surface area (Å²) in [5, 5.41) is 2.10. The van der Waals surface area contributed by atoms with Crippen LogP contribution in [0.1, 0.15) is 21.7 Å². The van der Waals surface area contributed by atoms with Crippen LogP contribution in [-0.4, -0.2) is 22.4 Å². The minimum atomic E-state index is -3.10. The van der Waals surface area contributed by atoms with Crippen molar-refractivity contribution in [2.24, 2.45) is 0 Å². The number of amides is 1. The largest absolute Gasteiger partial charge is 0.345 e. The van der Waals surface area contributed by atoms with Crippen LogP contribution in [0.4, 0.5) is 8.78 Å². The molecule has 0 unspecified atom stereocenters. The van der Waals surface area contributed by atoms with E-state index in [0.717, 1.165) is 6.33 Å². The van der Waals surface area contributed by atoms with Crippen molar-refractivity contribution >= 4 is 5.91 Å². The van der Waals surface area contributed by atoms with Crippen molar-refractivity contribution in [2.75, 3.05) is 6.54 Å². The molecular formula is C8H7F2N3O. The van der Waals surface area contributed by atoms with Gasteiger partial charge in [-0.2, -0.15) is 8.78 Å². The standard InChI is InChI=1S/C8H7F2N3O/c1-4-5-6(13-3-12-4)8(9,10)2-11-7(5)14/h3H,2H2,1H3,(H,11,14). The fourth-order valence-electron chi connectivity index (χ4n) is 1.39. The van der Waals surface area contributed by atoms with Gasteiger partial charge < -0.3 is 5.32 Å². The van der Waals surface area contributed by atoms with E-state index in [1.807, 2.05) is 0 Å². The van der Waals surface area contributed by atoms with Crippen LogP contribution < -0.4 is 5.32 Å². The molecule has 6 heteroatoms. The van der Waals surface area contributed by atoms with E-state index in [-0.39, 0.29) is 11.3 Å². The van der Waals surface area contributed by atoms with Gasteiger partial charge in [0.15, 0.2) is 0 Å². The molecule has 1 amide bonds. The molecule has 14 heavy (non-hydrogen) atoms. The van der Waals surface area contributed by atoms with Crippen molar-refractivity contribution in [3.8, 4) is 0 Å². The summed E-state index contributed by atoms with van der Waals surface area (Å²) in [6, 6.07) is 0. The molecule has 0 aromatic carbocycles. The van der Waals surface area contributed by atoms with E-state index in [1.165, 1.54) is 6.92 Å². The van der Waals surface area contributed by atoms with Gasteiger partial charge in [0, 0.05) is 0 Å². The monoisotopic (exact) mass is 199 g/mol. The predicted molar refractivity (Wildman–Crippen MR) is 43.0 cm³/mol. The number of nitrogens with zero attached hydrogens (tertiary/aromatic N) is 2. The molecule has 2 rings (SSSR count). The van der Waals surface area contributed by atoms with Crippen molar-refractivity contribution in [3.63, 3.8) is 0 Å². The van der Waals surface area contributed by atoms with E-state index in [1.54, 1.807) is 0 Å². The summed E-state index contributed by atoms with van der Waals surface area (Å²) in [7, 11) is 0. The highest BCUT2D eigenvalue weighted by molar-refractivity contribution is 5.97. The first kappa shape index (κ1) is 8.98. The van der Waals surface area contributed by atoms with E-state index >= 15 is 0 Å². The molecule has 0 saturated carbocycles. The summed E-state index contributed by atoms with van der Waals surface area (Å²) in [5.74, 6) is -3.64. The smallest absolute Gasteiger partial charge is 0.307 e. The maximum atomic E-state index is 13.2. The second-order valence-electron chi connectivity index (χ2n) is 3.07. The van der Waals surface area contributed by atoms with E-state index < -0.39 is 24.1 Å². The second-order valence-corrected chi connectivity index (χ2v) is 3.07. The Balaban J connectivity index is 2.69. The molecule has 1 aromatic heterocycles. The molecule has 0 fully saturated rings. The number of aromatic nitrogens is 2. The van der Waals surface area contributed by atoms with Crippen molar-refractivity contribution in [1.82, 2.24) is 15.3 Å². The molecule has 4 nitrogen and oxygen atoms in total. The van der Waals surface area contributed by atoms with Crippen LogP contribution in [0.25, 0.3) is 0 Å². The molecule has 0 aliphatic carbocycles. The topological polar surface area (TPSA) is 54.9 Å². The van der Waals surface area contributed by atoms with Gasteiger partial charge in [-0.25, -0.2) is 9.97 Å². The number of hydrogen-bond acceptors (Lipinski definition) is 3. The Morgan fingerprint density at radius 3 is 2.86 bits per heavy atom. The molecular weight excluding hydrogens is 192 g/mol. The van der Waals surface area contributed by atoms with Gasteiger partial charge in [0.2, 0.25) is 0 Å². The Labute approximate surface area is 78.4 Å². The molecule has 1 aliphatic rings. The number of rotatable bonds is 0. The van der Waals surface area contributed by atoms with Gasteiger partial charge in [0.1, 0.15) is 12.0 Å². The molecule has 74 valence electrons. The Morgan fingerprint density at radius 2 is 2.21 bits per heavy atom. The number of hydrogen-bond donors (Lipinski definition) is 1. The molecule has 0 radical (unpaired) electrons. The van der Waals surface area contributed by atoms with Gasteiger partial charge in [-0.05, 0) is 6.92 Å². The number of nitrogens with one attached hydrogen (secondary N) is 1. The van der Waals surface area contributed by atoms with E-state index in [9.17, 15) is 13.6 Å². The van der Waals surface area contributed by atoms with Crippen LogP contribution in [-0.2, 0) is 5.92 Å². The number of halogens is 2. The summed E-state index contributed by atoms with van der Waals surface area (Å²) in [4.78, 5) is 18.4. The normalized spacial score (nSPS) is 18.6. The van der Waals surface area contributed by atoms with Gasteiger partial charge in [-0.15, -0.1) is 0 Å². The van der Waals surface area contributed by atoms with Gasteiger partial charge in [0.25, 0.3) is 5.91 Å². The molecule has 2 heterocycles. The maximum absolute atomic E-state index is 13.2. The van der Waals surface area contributed by atoms with Crippen molar-refractivity contribution in [1.29, 1.82) is 0 Å². The van der Waals surface area contributed by atoms with Gasteiger partial charge in [-0.3, -0.25) is 4.79 Å².